The number of methoxy groups -OCH3 is 1. The normalized spacial score (nSPS) is 21.4. The van der Waals surface area contributed by atoms with E-state index in [4.69, 9.17) is 10.5 Å². The number of benzene rings is 2. The summed E-state index contributed by atoms with van der Waals surface area (Å²) in [4.78, 5) is 27.0. The van der Waals surface area contributed by atoms with Gasteiger partial charge in [-0.15, -0.1) is 0 Å². The van der Waals surface area contributed by atoms with E-state index >= 15 is 0 Å². The minimum absolute atomic E-state index is 0.0572. The lowest BCUT2D eigenvalue weighted by Gasteiger charge is -2.27. The number of fused-ring (bicyclic) bond motifs is 7. The van der Waals surface area contributed by atoms with Crippen molar-refractivity contribution in [2.24, 2.45) is 16.6 Å². The first-order chi connectivity index (χ1) is 21.9. The van der Waals surface area contributed by atoms with Gasteiger partial charge in [-0.25, -0.2) is 0 Å². The predicted molar refractivity (Wildman–Crippen MR) is 184 cm³/mol. The van der Waals surface area contributed by atoms with Crippen LogP contribution >= 0.6 is 0 Å². The summed E-state index contributed by atoms with van der Waals surface area (Å²) in [6.45, 7) is 11.1. The molecule has 2 fully saturated rings. The van der Waals surface area contributed by atoms with Crippen molar-refractivity contribution in [2.45, 2.75) is 110 Å². The number of allylic oxidation sites excluding steroid dienone is 1. The first-order valence-corrected chi connectivity index (χ1v) is 17.1. The van der Waals surface area contributed by atoms with Crippen molar-refractivity contribution in [3.05, 3.63) is 64.2 Å². The van der Waals surface area contributed by atoms with Crippen molar-refractivity contribution in [3.63, 3.8) is 0 Å². The second-order valence-corrected chi connectivity index (χ2v) is 15.2. The molecule has 0 spiro atoms. The van der Waals surface area contributed by atoms with Gasteiger partial charge in [-0.2, -0.15) is 0 Å². The van der Waals surface area contributed by atoms with E-state index in [2.05, 4.69) is 62.7 Å². The highest BCUT2D eigenvalue weighted by molar-refractivity contribution is 6.01. The molecule has 2 heterocycles. The number of aliphatic hydroxyl groups excluding tert-OH is 1. The van der Waals surface area contributed by atoms with E-state index in [0.29, 0.717) is 18.0 Å². The molecule has 2 aromatic carbocycles. The summed E-state index contributed by atoms with van der Waals surface area (Å²) in [7, 11) is 1.70. The molecule has 3 aliphatic rings. The molecule has 1 unspecified atom stereocenters. The van der Waals surface area contributed by atoms with Crippen LogP contribution in [-0.2, 0) is 11.3 Å². The number of amides is 2. The van der Waals surface area contributed by atoms with Gasteiger partial charge in [0.1, 0.15) is 5.75 Å². The van der Waals surface area contributed by atoms with Crippen LogP contribution in [-0.4, -0.2) is 41.2 Å². The summed E-state index contributed by atoms with van der Waals surface area (Å²) < 4.78 is 8.07. The number of nitrogens with one attached hydrogen (secondary N) is 1. The van der Waals surface area contributed by atoms with Crippen molar-refractivity contribution in [1.29, 1.82) is 0 Å². The van der Waals surface area contributed by atoms with Gasteiger partial charge < -0.3 is 25.5 Å². The molecule has 46 heavy (non-hydrogen) atoms. The van der Waals surface area contributed by atoms with E-state index < -0.39 is 11.3 Å². The molecular formula is C39H51N3O4. The van der Waals surface area contributed by atoms with Crippen molar-refractivity contribution >= 4 is 22.7 Å². The van der Waals surface area contributed by atoms with Crippen LogP contribution in [0.15, 0.2) is 47.5 Å². The van der Waals surface area contributed by atoms with E-state index in [0.717, 1.165) is 48.8 Å². The fourth-order valence-electron chi connectivity index (χ4n) is 8.33. The number of ether oxygens (including phenoxy) is 1. The lowest BCUT2D eigenvalue weighted by molar-refractivity contribution is -0.127. The number of primary amides is 1. The van der Waals surface area contributed by atoms with Crippen molar-refractivity contribution in [2.75, 3.05) is 13.7 Å². The molecule has 2 amide bonds. The monoisotopic (exact) mass is 625 g/mol. The van der Waals surface area contributed by atoms with Gasteiger partial charge in [0, 0.05) is 47.1 Å². The molecule has 0 bridgehead atoms. The average Bonchev–Trinajstić information content (AvgIpc) is 3.71. The molecule has 3 atom stereocenters. The summed E-state index contributed by atoms with van der Waals surface area (Å²) in [5.74, 6) is 0.899. The number of aromatic nitrogens is 1. The van der Waals surface area contributed by atoms with Gasteiger partial charge in [-0.1, -0.05) is 44.7 Å². The van der Waals surface area contributed by atoms with Gasteiger partial charge in [0.15, 0.2) is 0 Å². The molecule has 246 valence electrons. The molecule has 4 N–H and O–H groups in total. The Balaban J connectivity index is 1.46. The third-order valence-corrected chi connectivity index (χ3v) is 11.3. The van der Waals surface area contributed by atoms with Gasteiger partial charge in [-0.3, -0.25) is 9.59 Å². The maximum absolute atomic E-state index is 14.6. The number of rotatable bonds is 10. The largest absolute Gasteiger partial charge is 0.497 e. The number of hydrogen-bond acceptors (Lipinski definition) is 4. The number of nitrogens with zero attached hydrogens (tertiary/aromatic N) is 1. The van der Waals surface area contributed by atoms with E-state index in [1.807, 2.05) is 18.2 Å². The van der Waals surface area contributed by atoms with E-state index in [-0.39, 0.29) is 29.9 Å². The van der Waals surface area contributed by atoms with E-state index in [1.54, 1.807) is 7.11 Å². The Bertz CT molecular complexity index is 1710. The smallest absolute Gasteiger partial charge is 0.248 e. The minimum Gasteiger partial charge on any atom is -0.497 e. The SMILES string of the molecule is COc1ccc2c(c1)C1C[C@]1(C(=O)N[C@@H](C)C(CCC(C)(C)CO)=C(C)C)Cn1c-2c(C2CCCCC2)c2ccc(C(N)=O)cc21. The van der Waals surface area contributed by atoms with E-state index in [1.165, 1.54) is 52.8 Å². The molecule has 2 saturated carbocycles. The summed E-state index contributed by atoms with van der Waals surface area (Å²) in [6, 6.07) is 12.1. The molecule has 0 radical (unpaired) electrons. The Morgan fingerprint density at radius 2 is 1.87 bits per heavy atom. The third-order valence-electron chi connectivity index (χ3n) is 11.3. The fraction of sp³-hybridized carbons (Fsp3) is 0.538. The average molecular weight is 626 g/mol. The predicted octanol–water partition coefficient (Wildman–Crippen LogP) is 7.59. The lowest BCUT2D eigenvalue weighted by atomic mass is 9.81. The number of aliphatic hydroxyl groups is 1. The Morgan fingerprint density at radius 3 is 2.52 bits per heavy atom. The van der Waals surface area contributed by atoms with Crippen LogP contribution in [0, 0.1) is 10.8 Å². The maximum Gasteiger partial charge on any atom is 0.248 e. The molecular weight excluding hydrogens is 574 g/mol. The second kappa shape index (κ2) is 12.2. The Labute approximate surface area is 273 Å². The summed E-state index contributed by atoms with van der Waals surface area (Å²) >= 11 is 0. The zero-order valence-corrected chi connectivity index (χ0v) is 28.5. The van der Waals surface area contributed by atoms with Crippen LogP contribution in [0.25, 0.3) is 22.2 Å². The van der Waals surface area contributed by atoms with Gasteiger partial charge >= 0.3 is 0 Å². The summed E-state index contributed by atoms with van der Waals surface area (Å²) in [5, 5.41) is 14.5. The minimum atomic E-state index is -0.629. The first kappa shape index (κ1) is 32.4. The number of hydrogen-bond donors (Lipinski definition) is 3. The highest BCUT2D eigenvalue weighted by Crippen LogP contribution is 2.65. The number of nitrogens with two attached hydrogens (primary N) is 1. The van der Waals surface area contributed by atoms with Crippen LogP contribution in [0.3, 0.4) is 0 Å². The van der Waals surface area contributed by atoms with Gasteiger partial charge in [0.05, 0.1) is 18.2 Å². The molecule has 7 heteroatoms. The Kier molecular flexibility index (Phi) is 8.60. The van der Waals surface area contributed by atoms with Gasteiger partial charge in [0.25, 0.3) is 0 Å². The van der Waals surface area contributed by atoms with Gasteiger partial charge in [0.2, 0.25) is 11.8 Å². The Morgan fingerprint density at radius 1 is 1.13 bits per heavy atom. The maximum atomic E-state index is 14.6. The number of carbonyl (C=O) groups excluding carboxylic acids is 2. The Hall–Kier alpha value is -3.58. The van der Waals surface area contributed by atoms with Crippen LogP contribution in [0.5, 0.6) is 5.75 Å². The third kappa shape index (κ3) is 5.65. The molecule has 2 aliphatic carbocycles. The van der Waals surface area contributed by atoms with E-state index in [9.17, 15) is 14.7 Å². The van der Waals surface area contributed by atoms with Crippen molar-refractivity contribution < 1.29 is 19.4 Å². The number of carbonyl (C=O) groups is 2. The van der Waals surface area contributed by atoms with Crippen LogP contribution in [0.1, 0.15) is 119 Å². The zero-order valence-electron chi connectivity index (χ0n) is 28.5. The van der Waals surface area contributed by atoms with Gasteiger partial charge in [-0.05, 0) is 111 Å². The molecule has 1 aliphatic heterocycles. The van der Waals surface area contributed by atoms with Crippen molar-refractivity contribution in [3.8, 4) is 17.0 Å². The molecule has 7 nitrogen and oxygen atoms in total. The first-order valence-electron chi connectivity index (χ1n) is 17.1. The fourth-order valence-corrected chi connectivity index (χ4v) is 8.33. The second-order valence-electron chi connectivity index (χ2n) is 15.2. The summed E-state index contributed by atoms with van der Waals surface area (Å²) in [5.41, 5.74) is 13.8. The van der Waals surface area contributed by atoms with Crippen molar-refractivity contribution in [1.82, 2.24) is 9.88 Å². The summed E-state index contributed by atoms with van der Waals surface area (Å²) in [6.07, 6.45) is 8.37. The van der Waals surface area contributed by atoms with Crippen LogP contribution in [0.2, 0.25) is 0 Å². The standard InChI is InChI=1S/C39H51N3O4/c1-23(2)28(16-17-38(4,5)22-43)24(3)41-37(45)39-20-32(39)31-19-27(46-6)13-15-29(31)35-34(25-10-8-7-9-11-25)30-14-12-26(36(40)44)18-33(30)42(35)21-39/h12-15,18-19,24-25,32,43H,7-11,16-17,20-22H2,1-6H3,(H2,40,44)(H,41,45)/t24-,32?,39-/m0/s1. The highest BCUT2D eigenvalue weighted by Gasteiger charge is 2.63. The molecule has 1 aromatic heterocycles. The quantitative estimate of drug-likeness (QED) is 0.202. The highest BCUT2D eigenvalue weighted by atomic mass is 16.5. The van der Waals surface area contributed by atoms with Crippen LogP contribution in [0.4, 0.5) is 0 Å². The van der Waals surface area contributed by atoms with Crippen LogP contribution < -0.4 is 15.8 Å². The topological polar surface area (TPSA) is 107 Å². The molecule has 0 saturated heterocycles. The zero-order chi connectivity index (χ0) is 33.0. The molecule has 6 rings (SSSR count). The lowest BCUT2D eigenvalue weighted by Crippen LogP contribution is -2.41. The molecule has 3 aromatic rings.